The zero-order chi connectivity index (χ0) is 19.7. The molecule has 0 saturated carbocycles. The van der Waals surface area contributed by atoms with Crippen LogP contribution in [0.25, 0.3) is 5.65 Å². The molecule has 140 valence electrons. The van der Waals surface area contributed by atoms with Crippen LogP contribution in [0.15, 0.2) is 41.3 Å². The molecule has 1 atom stereocenters. The van der Waals surface area contributed by atoms with Gasteiger partial charge in [-0.25, -0.2) is 4.98 Å². The molecule has 0 bridgehead atoms. The molecule has 0 aliphatic rings. The van der Waals surface area contributed by atoms with Crippen LogP contribution in [0.5, 0.6) is 5.75 Å². The lowest BCUT2D eigenvalue weighted by Crippen LogP contribution is -2.33. The Hall–Kier alpha value is -2.86. The molecule has 2 heterocycles. The third-order valence-electron chi connectivity index (χ3n) is 4.23. The van der Waals surface area contributed by atoms with Crippen LogP contribution in [0.3, 0.4) is 0 Å². The largest absolute Gasteiger partial charge is 0.481 e. The van der Waals surface area contributed by atoms with E-state index in [-0.39, 0.29) is 5.69 Å². The first-order chi connectivity index (χ1) is 12.8. The summed E-state index contributed by atoms with van der Waals surface area (Å²) in [5.74, 6) is 0.203. The number of benzene rings is 1. The Morgan fingerprint density at radius 3 is 2.70 bits per heavy atom. The summed E-state index contributed by atoms with van der Waals surface area (Å²) in [6.07, 6.45) is 0.682. The van der Waals surface area contributed by atoms with E-state index in [0.717, 1.165) is 11.1 Å². The number of anilines is 1. The topological polar surface area (TPSA) is 72.7 Å². The van der Waals surface area contributed by atoms with E-state index in [0.29, 0.717) is 22.1 Å². The third kappa shape index (κ3) is 3.95. The summed E-state index contributed by atoms with van der Waals surface area (Å²) in [6, 6.07) is 9.08. The van der Waals surface area contributed by atoms with Gasteiger partial charge in [0, 0.05) is 6.20 Å². The number of hydrogen-bond acceptors (Lipinski definition) is 4. The third-order valence-corrected chi connectivity index (χ3v) is 4.46. The number of rotatable bonds is 4. The molecular formula is C20H20ClN3O3. The molecule has 0 unspecified atom stereocenters. The first-order valence-corrected chi connectivity index (χ1v) is 8.87. The molecule has 3 rings (SSSR count). The summed E-state index contributed by atoms with van der Waals surface area (Å²) < 4.78 is 7.09. The molecule has 0 fully saturated rings. The highest BCUT2D eigenvalue weighted by molar-refractivity contribution is 6.30. The lowest BCUT2D eigenvalue weighted by Gasteiger charge is -2.17. The Morgan fingerprint density at radius 2 is 1.96 bits per heavy atom. The predicted molar refractivity (Wildman–Crippen MR) is 106 cm³/mol. The van der Waals surface area contributed by atoms with Gasteiger partial charge in [-0.3, -0.25) is 14.0 Å². The number of halogens is 1. The predicted octanol–water partition coefficient (Wildman–Crippen LogP) is 3.68. The van der Waals surface area contributed by atoms with Crippen LogP contribution in [-0.4, -0.2) is 21.4 Å². The first-order valence-electron chi connectivity index (χ1n) is 8.49. The highest BCUT2D eigenvalue weighted by Crippen LogP contribution is 2.21. The Balaban J connectivity index is 1.87. The molecule has 1 amide bonds. The number of fused-ring (bicyclic) bond motifs is 1. The standard InChI is InChI=1S/C20H20ClN3O3/c1-11-5-6-12(2)16(9-11)27-14(4)19(25)23-18-13(3)22-17-8-7-15(21)10-24(17)20(18)26/h5-10,14H,1-4H3,(H,23,25)/t14-/m0/s1. The molecule has 0 aliphatic heterocycles. The SMILES string of the molecule is Cc1ccc(C)c(O[C@@H](C)C(=O)Nc2c(C)nc3ccc(Cl)cn3c2=O)c1. The zero-order valence-electron chi connectivity index (χ0n) is 15.5. The van der Waals surface area contributed by atoms with E-state index in [9.17, 15) is 9.59 Å². The zero-order valence-corrected chi connectivity index (χ0v) is 16.3. The Kier molecular flexibility index (Phi) is 5.19. The molecule has 0 radical (unpaired) electrons. The van der Waals surface area contributed by atoms with Crippen molar-refractivity contribution in [2.45, 2.75) is 33.8 Å². The Labute approximate surface area is 161 Å². The number of ether oxygens (including phenoxy) is 1. The minimum Gasteiger partial charge on any atom is -0.481 e. The van der Waals surface area contributed by atoms with E-state index in [4.69, 9.17) is 16.3 Å². The normalized spacial score (nSPS) is 12.0. The number of aryl methyl sites for hydroxylation is 3. The Bertz CT molecular complexity index is 1090. The summed E-state index contributed by atoms with van der Waals surface area (Å²) in [5, 5.41) is 3.04. The molecule has 1 N–H and O–H groups in total. The molecule has 3 aromatic rings. The molecule has 0 aliphatic carbocycles. The first kappa shape index (κ1) is 18.9. The number of pyridine rings is 1. The van der Waals surface area contributed by atoms with Crippen LogP contribution in [0.4, 0.5) is 5.69 Å². The lowest BCUT2D eigenvalue weighted by molar-refractivity contribution is -0.122. The molecule has 0 spiro atoms. The molecular weight excluding hydrogens is 366 g/mol. The summed E-state index contributed by atoms with van der Waals surface area (Å²) in [4.78, 5) is 29.7. The van der Waals surface area contributed by atoms with Gasteiger partial charge in [-0.15, -0.1) is 0 Å². The average Bonchev–Trinajstić information content (AvgIpc) is 2.62. The fraction of sp³-hybridized carbons (Fsp3) is 0.250. The second kappa shape index (κ2) is 7.40. The lowest BCUT2D eigenvalue weighted by atomic mass is 10.1. The van der Waals surface area contributed by atoms with Crippen LogP contribution in [0, 0.1) is 20.8 Å². The van der Waals surface area contributed by atoms with Crippen LogP contribution in [0.2, 0.25) is 5.02 Å². The van der Waals surface area contributed by atoms with E-state index in [1.54, 1.807) is 26.0 Å². The highest BCUT2D eigenvalue weighted by atomic mass is 35.5. The number of carbonyl (C=O) groups excluding carboxylic acids is 1. The number of hydrogen-bond donors (Lipinski definition) is 1. The molecule has 0 saturated heterocycles. The van der Waals surface area contributed by atoms with Crippen molar-refractivity contribution in [3.63, 3.8) is 0 Å². The second-order valence-corrected chi connectivity index (χ2v) is 6.91. The molecule has 2 aromatic heterocycles. The van der Waals surface area contributed by atoms with Gasteiger partial charge in [0.25, 0.3) is 11.5 Å². The quantitative estimate of drug-likeness (QED) is 0.743. The van der Waals surface area contributed by atoms with E-state index in [1.807, 2.05) is 32.0 Å². The van der Waals surface area contributed by atoms with Gasteiger partial charge in [-0.2, -0.15) is 0 Å². The van der Waals surface area contributed by atoms with Gasteiger partial charge >= 0.3 is 0 Å². The monoisotopic (exact) mass is 385 g/mol. The summed E-state index contributed by atoms with van der Waals surface area (Å²) in [6.45, 7) is 7.16. The maximum atomic E-state index is 12.7. The number of nitrogens with one attached hydrogen (secondary N) is 1. The fourth-order valence-electron chi connectivity index (χ4n) is 2.67. The maximum absolute atomic E-state index is 12.7. The number of carbonyl (C=O) groups is 1. The van der Waals surface area contributed by atoms with Crippen LogP contribution in [-0.2, 0) is 4.79 Å². The van der Waals surface area contributed by atoms with E-state index in [2.05, 4.69) is 10.3 Å². The van der Waals surface area contributed by atoms with Crippen molar-refractivity contribution in [2.24, 2.45) is 0 Å². The van der Waals surface area contributed by atoms with Gasteiger partial charge in [0.15, 0.2) is 6.10 Å². The summed E-state index contributed by atoms with van der Waals surface area (Å²) in [7, 11) is 0. The van der Waals surface area contributed by atoms with Crippen molar-refractivity contribution < 1.29 is 9.53 Å². The van der Waals surface area contributed by atoms with Gasteiger partial charge in [-0.05, 0) is 57.0 Å². The van der Waals surface area contributed by atoms with E-state index in [1.165, 1.54) is 10.6 Å². The molecule has 7 heteroatoms. The minimum atomic E-state index is -0.788. The van der Waals surface area contributed by atoms with E-state index < -0.39 is 17.6 Å². The van der Waals surface area contributed by atoms with E-state index >= 15 is 0 Å². The van der Waals surface area contributed by atoms with Crippen molar-refractivity contribution in [2.75, 3.05) is 5.32 Å². The average molecular weight is 386 g/mol. The van der Waals surface area contributed by atoms with Gasteiger partial charge in [0.05, 0.1) is 10.7 Å². The summed E-state index contributed by atoms with van der Waals surface area (Å²) >= 11 is 5.96. The number of aromatic nitrogens is 2. The molecule has 1 aromatic carbocycles. The molecule has 27 heavy (non-hydrogen) atoms. The minimum absolute atomic E-state index is 0.108. The van der Waals surface area contributed by atoms with Crippen LogP contribution in [0.1, 0.15) is 23.7 Å². The summed E-state index contributed by atoms with van der Waals surface area (Å²) in [5.41, 5.74) is 2.56. The highest BCUT2D eigenvalue weighted by Gasteiger charge is 2.19. The van der Waals surface area contributed by atoms with Crippen molar-refractivity contribution in [3.8, 4) is 5.75 Å². The van der Waals surface area contributed by atoms with Gasteiger partial charge in [0.2, 0.25) is 0 Å². The number of nitrogens with zero attached hydrogens (tertiary/aromatic N) is 2. The molecule has 6 nitrogen and oxygen atoms in total. The Morgan fingerprint density at radius 1 is 1.22 bits per heavy atom. The van der Waals surface area contributed by atoms with Crippen molar-refractivity contribution in [1.29, 1.82) is 0 Å². The van der Waals surface area contributed by atoms with Crippen molar-refractivity contribution in [3.05, 3.63) is 68.7 Å². The van der Waals surface area contributed by atoms with Gasteiger partial charge < -0.3 is 10.1 Å². The van der Waals surface area contributed by atoms with Crippen LogP contribution >= 0.6 is 11.6 Å². The smallest absolute Gasteiger partial charge is 0.281 e. The number of amides is 1. The van der Waals surface area contributed by atoms with Gasteiger partial charge in [0.1, 0.15) is 17.1 Å². The van der Waals surface area contributed by atoms with Crippen LogP contribution < -0.4 is 15.6 Å². The van der Waals surface area contributed by atoms with Crippen molar-refractivity contribution in [1.82, 2.24) is 9.38 Å². The second-order valence-electron chi connectivity index (χ2n) is 6.47. The fourth-order valence-corrected chi connectivity index (χ4v) is 2.83. The van der Waals surface area contributed by atoms with Crippen molar-refractivity contribution >= 4 is 28.8 Å². The maximum Gasteiger partial charge on any atom is 0.281 e. The van der Waals surface area contributed by atoms with Gasteiger partial charge in [-0.1, -0.05) is 23.7 Å².